The lowest BCUT2D eigenvalue weighted by Gasteiger charge is -2.47. The molecule has 0 amide bonds. The van der Waals surface area contributed by atoms with Crippen molar-refractivity contribution in [1.82, 2.24) is 5.32 Å². The number of halogens is 1. The van der Waals surface area contributed by atoms with E-state index >= 15 is 0 Å². The second-order valence-electron chi connectivity index (χ2n) is 6.12. The number of rotatable bonds is 1. The quantitative estimate of drug-likeness (QED) is 0.840. The number of piperidine rings is 1. The van der Waals surface area contributed by atoms with Crippen molar-refractivity contribution in [3.8, 4) is 0 Å². The summed E-state index contributed by atoms with van der Waals surface area (Å²) in [5.41, 5.74) is 1.19. The third-order valence-electron chi connectivity index (χ3n) is 4.78. The molecule has 0 bridgehead atoms. The average molecular weight is 358 g/mol. The largest absolute Gasteiger partial charge is 0.316 e. The number of hydrogen-bond donors (Lipinski definition) is 1. The smallest absolute Gasteiger partial charge is 0.150 e. The first-order valence-electron chi connectivity index (χ1n) is 7.17. The highest BCUT2D eigenvalue weighted by atomic mass is 79.9. The van der Waals surface area contributed by atoms with Crippen LogP contribution in [0.25, 0.3) is 0 Å². The standard InChI is InChI=1S/C15H20BrNO2S/c16-13-4-1-3-12(9-13)14-10-17-7-6-15(14)5-2-8-20(18,19)11-15/h1,3-4,9,14,17H,2,5-8,10-11H2. The van der Waals surface area contributed by atoms with Gasteiger partial charge >= 0.3 is 0 Å². The lowest BCUT2D eigenvalue weighted by Crippen LogP contribution is -2.49. The van der Waals surface area contributed by atoms with Crippen molar-refractivity contribution in [1.29, 1.82) is 0 Å². The zero-order valence-corrected chi connectivity index (χ0v) is 13.8. The molecule has 1 aromatic rings. The van der Waals surface area contributed by atoms with Gasteiger partial charge in [-0.3, -0.25) is 0 Å². The van der Waals surface area contributed by atoms with Gasteiger partial charge in [-0.15, -0.1) is 0 Å². The Morgan fingerprint density at radius 3 is 2.90 bits per heavy atom. The van der Waals surface area contributed by atoms with Crippen LogP contribution >= 0.6 is 15.9 Å². The monoisotopic (exact) mass is 357 g/mol. The predicted octanol–water partition coefficient (Wildman–Crippen LogP) is 2.72. The fraction of sp³-hybridized carbons (Fsp3) is 0.600. The van der Waals surface area contributed by atoms with Crippen molar-refractivity contribution in [3.63, 3.8) is 0 Å². The van der Waals surface area contributed by atoms with E-state index in [0.29, 0.717) is 17.4 Å². The number of sulfone groups is 1. The number of hydrogen-bond acceptors (Lipinski definition) is 3. The van der Waals surface area contributed by atoms with Gasteiger partial charge in [0, 0.05) is 16.9 Å². The molecule has 2 aliphatic heterocycles. The molecule has 2 saturated heterocycles. The molecule has 0 saturated carbocycles. The van der Waals surface area contributed by atoms with E-state index in [-0.39, 0.29) is 5.41 Å². The minimum Gasteiger partial charge on any atom is -0.316 e. The molecule has 0 radical (unpaired) electrons. The maximum absolute atomic E-state index is 12.1. The van der Waals surface area contributed by atoms with Crippen molar-refractivity contribution in [2.75, 3.05) is 24.6 Å². The first kappa shape index (κ1) is 14.5. The Balaban J connectivity index is 1.99. The van der Waals surface area contributed by atoms with Crippen LogP contribution in [0.5, 0.6) is 0 Å². The minimum absolute atomic E-state index is 0.0663. The molecule has 2 aliphatic rings. The van der Waals surface area contributed by atoms with Crippen LogP contribution in [0.3, 0.4) is 0 Å². The molecule has 1 aromatic carbocycles. The van der Waals surface area contributed by atoms with Crippen LogP contribution in [-0.2, 0) is 9.84 Å². The van der Waals surface area contributed by atoms with Crippen molar-refractivity contribution in [2.45, 2.75) is 25.2 Å². The summed E-state index contributed by atoms with van der Waals surface area (Å²) < 4.78 is 25.3. The molecule has 2 unspecified atom stereocenters. The lowest BCUT2D eigenvalue weighted by atomic mass is 9.66. The van der Waals surface area contributed by atoms with Crippen LogP contribution in [0.2, 0.25) is 0 Å². The van der Waals surface area contributed by atoms with Crippen molar-refractivity contribution in [2.24, 2.45) is 5.41 Å². The third kappa shape index (κ3) is 2.81. The van der Waals surface area contributed by atoms with Gasteiger partial charge < -0.3 is 5.32 Å². The molecule has 20 heavy (non-hydrogen) atoms. The fourth-order valence-corrected chi connectivity index (χ4v) is 6.38. The van der Waals surface area contributed by atoms with Gasteiger partial charge in [0.05, 0.1) is 11.5 Å². The van der Waals surface area contributed by atoms with Crippen molar-refractivity contribution < 1.29 is 8.42 Å². The summed E-state index contributed by atoms with van der Waals surface area (Å²) in [6.45, 7) is 1.81. The van der Waals surface area contributed by atoms with E-state index in [1.165, 1.54) is 5.56 Å². The Kier molecular flexibility index (Phi) is 3.95. The maximum atomic E-state index is 12.1. The molecule has 0 aromatic heterocycles. The zero-order valence-electron chi connectivity index (χ0n) is 11.4. The molecule has 1 spiro atoms. The van der Waals surface area contributed by atoms with Gasteiger partial charge in [0.2, 0.25) is 0 Å². The number of nitrogens with one attached hydrogen (secondary N) is 1. The molecule has 2 atom stereocenters. The van der Waals surface area contributed by atoms with E-state index < -0.39 is 9.84 Å². The van der Waals surface area contributed by atoms with Crippen LogP contribution < -0.4 is 5.32 Å². The topological polar surface area (TPSA) is 46.2 Å². The summed E-state index contributed by atoms with van der Waals surface area (Å²) in [6.07, 6.45) is 2.81. The Morgan fingerprint density at radius 2 is 2.15 bits per heavy atom. The van der Waals surface area contributed by atoms with E-state index in [0.717, 1.165) is 36.8 Å². The van der Waals surface area contributed by atoms with Gasteiger partial charge in [-0.05, 0) is 48.9 Å². The zero-order chi connectivity index (χ0) is 14.2. The molecule has 3 nitrogen and oxygen atoms in total. The molecule has 0 aliphatic carbocycles. The van der Waals surface area contributed by atoms with Crippen LogP contribution in [0, 0.1) is 5.41 Å². The van der Waals surface area contributed by atoms with Crippen molar-refractivity contribution >= 4 is 25.8 Å². The molecule has 3 rings (SSSR count). The van der Waals surface area contributed by atoms with Gasteiger partial charge in [0.15, 0.2) is 9.84 Å². The molecular weight excluding hydrogens is 338 g/mol. The summed E-state index contributed by atoms with van der Waals surface area (Å²) in [5, 5.41) is 3.44. The Bertz CT molecular complexity index is 598. The summed E-state index contributed by atoms with van der Waals surface area (Å²) in [7, 11) is -2.88. The van der Waals surface area contributed by atoms with Gasteiger partial charge in [-0.25, -0.2) is 8.42 Å². The van der Waals surface area contributed by atoms with E-state index in [2.05, 4.69) is 33.4 Å². The van der Waals surface area contributed by atoms with Crippen LogP contribution in [0.4, 0.5) is 0 Å². The first-order valence-corrected chi connectivity index (χ1v) is 9.79. The summed E-state index contributed by atoms with van der Waals surface area (Å²) in [4.78, 5) is 0. The van der Waals surface area contributed by atoms with E-state index in [1.54, 1.807) is 0 Å². The van der Waals surface area contributed by atoms with Gasteiger partial charge in [-0.1, -0.05) is 28.1 Å². The molecule has 1 N–H and O–H groups in total. The van der Waals surface area contributed by atoms with E-state index in [4.69, 9.17) is 0 Å². The van der Waals surface area contributed by atoms with Crippen LogP contribution in [0.1, 0.15) is 30.7 Å². The third-order valence-corrected chi connectivity index (χ3v) is 7.19. The molecular formula is C15H20BrNO2S. The molecule has 110 valence electrons. The highest BCUT2D eigenvalue weighted by molar-refractivity contribution is 9.10. The fourth-order valence-electron chi connectivity index (χ4n) is 3.87. The predicted molar refractivity (Wildman–Crippen MR) is 84.7 cm³/mol. The van der Waals surface area contributed by atoms with Crippen LogP contribution in [0.15, 0.2) is 28.7 Å². The summed E-state index contributed by atoms with van der Waals surface area (Å²) in [6, 6.07) is 8.33. The molecule has 2 heterocycles. The summed E-state index contributed by atoms with van der Waals surface area (Å²) >= 11 is 3.52. The first-order chi connectivity index (χ1) is 9.51. The average Bonchev–Trinajstić information content (AvgIpc) is 2.37. The van der Waals surface area contributed by atoms with E-state index in [9.17, 15) is 8.42 Å². The van der Waals surface area contributed by atoms with Gasteiger partial charge in [-0.2, -0.15) is 0 Å². The molecule has 5 heteroatoms. The van der Waals surface area contributed by atoms with Crippen LogP contribution in [-0.4, -0.2) is 33.0 Å². The Labute approximate surface area is 129 Å². The SMILES string of the molecule is O=S1(=O)CCCC2(CCNCC2c2cccc(Br)c2)C1. The Hall–Kier alpha value is -0.390. The maximum Gasteiger partial charge on any atom is 0.150 e. The van der Waals surface area contributed by atoms with Crippen molar-refractivity contribution in [3.05, 3.63) is 34.3 Å². The highest BCUT2D eigenvalue weighted by Gasteiger charge is 2.46. The normalized spacial score (nSPS) is 33.1. The second-order valence-corrected chi connectivity index (χ2v) is 9.22. The number of benzene rings is 1. The second kappa shape index (κ2) is 5.43. The minimum atomic E-state index is -2.88. The Morgan fingerprint density at radius 1 is 1.30 bits per heavy atom. The van der Waals surface area contributed by atoms with Gasteiger partial charge in [0.1, 0.15) is 0 Å². The molecule has 2 fully saturated rings. The van der Waals surface area contributed by atoms with E-state index in [1.807, 2.05) is 12.1 Å². The lowest BCUT2D eigenvalue weighted by molar-refractivity contribution is 0.168. The van der Waals surface area contributed by atoms with Gasteiger partial charge in [0.25, 0.3) is 0 Å². The highest BCUT2D eigenvalue weighted by Crippen LogP contribution is 2.48. The summed E-state index contributed by atoms with van der Waals surface area (Å²) in [5.74, 6) is 1.02.